The van der Waals surface area contributed by atoms with E-state index in [4.69, 9.17) is 22.1 Å². The van der Waals surface area contributed by atoms with Crippen molar-refractivity contribution in [2.45, 2.75) is 19.4 Å². The van der Waals surface area contributed by atoms with E-state index >= 15 is 0 Å². The van der Waals surface area contributed by atoms with Crippen LogP contribution in [-0.2, 0) is 16.0 Å². The normalized spacial score (nSPS) is 12.9. The van der Waals surface area contributed by atoms with E-state index in [1.807, 2.05) is 16.0 Å². The van der Waals surface area contributed by atoms with Gasteiger partial charge in [0.15, 0.2) is 10.1 Å². The molecule has 5 nitrogen and oxygen atoms in total. The third-order valence-corrected chi connectivity index (χ3v) is 3.37. The predicted octanol–water partition coefficient (Wildman–Crippen LogP) is 1.48. The molecule has 0 aliphatic rings. The van der Waals surface area contributed by atoms with Gasteiger partial charge in [-0.3, -0.25) is 9.20 Å². The Morgan fingerprint density at radius 3 is 3.24 bits per heavy atom. The third kappa shape index (κ3) is 2.43. The summed E-state index contributed by atoms with van der Waals surface area (Å²) >= 11 is 7.48. The maximum atomic E-state index is 11.4. The summed E-state index contributed by atoms with van der Waals surface area (Å²) in [7, 11) is 0. The van der Waals surface area contributed by atoms with E-state index in [-0.39, 0.29) is 0 Å². The highest BCUT2D eigenvalue weighted by Gasteiger charge is 2.20. The highest BCUT2D eigenvalue weighted by molar-refractivity contribution is 7.15. The van der Waals surface area contributed by atoms with Gasteiger partial charge in [-0.25, -0.2) is 4.98 Å². The number of nitrogens with two attached hydrogens (primary N) is 1. The SMILES string of the molecule is CCOC(=O)C(N)Cc1c(Cl)nc2sccn12. The molecule has 0 spiro atoms. The van der Waals surface area contributed by atoms with Crippen LogP contribution in [0.3, 0.4) is 0 Å². The Hall–Kier alpha value is -1.11. The van der Waals surface area contributed by atoms with Crippen LogP contribution in [0.15, 0.2) is 11.6 Å². The van der Waals surface area contributed by atoms with Gasteiger partial charge in [-0.1, -0.05) is 11.6 Å². The fourth-order valence-electron chi connectivity index (χ4n) is 1.53. The van der Waals surface area contributed by atoms with Crippen LogP contribution >= 0.6 is 22.9 Å². The first-order chi connectivity index (χ1) is 8.13. The molecule has 0 saturated carbocycles. The maximum absolute atomic E-state index is 11.4. The van der Waals surface area contributed by atoms with Gasteiger partial charge in [-0.15, -0.1) is 11.3 Å². The molecule has 7 heteroatoms. The van der Waals surface area contributed by atoms with E-state index in [0.717, 1.165) is 10.7 Å². The van der Waals surface area contributed by atoms with E-state index in [2.05, 4.69) is 4.98 Å². The molecule has 0 fully saturated rings. The summed E-state index contributed by atoms with van der Waals surface area (Å²) in [6.45, 7) is 2.06. The van der Waals surface area contributed by atoms with Crippen molar-refractivity contribution in [1.82, 2.24) is 9.38 Å². The molecule has 2 N–H and O–H groups in total. The van der Waals surface area contributed by atoms with Crippen molar-refractivity contribution < 1.29 is 9.53 Å². The average Bonchev–Trinajstić information content (AvgIpc) is 2.82. The monoisotopic (exact) mass is 273 g/mol. The molecule has 1 unspecified atom stereocenters. The van der Waals surface area contributed by atoms with Gasteiger partial charge in [0.25, 0.3) is 0 Å². The van der Waals surface area contributed by atoms with Crippen LogP contribution in [0.5, 0.6) is 0 Å². The number of halogens is 1. The molecule has 0 radical (unpaired) electrons. The van der Waals surface area contributed by atoms with Gasteiger partial charge >= 0.3 is 5.97 Å². The summed E-state index contributed by atoms with van der Waals surface area (Å²) in [5.74, 6) is -0.422. The van der Waals surface area contributed by atoms with Gasteiger partial charge in [-0.2, -0.15) is 0 Å². The predicted molar refractivity (Wildman–Crippen MR) is 66.4 cm³/mol. The lowest BCUT2D eigenvalue weighted by Gasteiger charge is -2.09. The molecule has 0 amide bonds. The number of hydrogen-bond acceptors (Lipinski definition) is 5. The molecule has 0 aromatic carbocycles. The zero-order valence-electron chi connectivity index (χ0n) is 9.22. The van der Waals surface area contributed by atoms with Crippen LogP contribution in [0.2, 0.25) is 5.15 Å². The smallest absolute Gasteiger partial charge is 0.323 e. The molecule has 92 valence electrons. The van der Waals surface area contributed by atoms with Crippen LogP contribution in [-0.4, -0.2) is 28.0 Å². The second kappa shape index (κ2) is 5.03. The van der Waals surface area contributed by atoms with Gasteiger partial charge in [0, 0.05) is 18.0 Å². The summed E-state index contributed by atoms with van der Waals surface area (Å²) in [4.78, 5) is 16.4. The number of carbonyl (C=O) groups is 1. The summed E-state index contributed by atoms with van der Waals surface area (Å²) in [5.41, 5.74) is 6.49. The van der Waals surface area contributed by atoms with Crippen LogP contribution in [0, 0.1) is 0 Å². The molecule has 1 atom stereocenters. The molecule has 0 aliphatic carbocycles. The van der Waals surface area contributed by atoms with Crippen molar-refractivity contribution in [3.63, 3.8) is 0 Å². The van der Waals surface area contributed by atoms with Gasteiger partial charge in [0.05, 0.1) is 12.3 Å². The highest BCUT2D eigenvalue weighted by atomic mass is 35.5. The molecule has 17 heavy (non-hydrogen) atoms. The zero-order valence-corrected chi connectivity index (χ0v) is 10.8. The van der Waals surface area contributed by atoms with Crippen LogP contribution in [0.25, 0.3) is 4.96 Å². The molecule has 2 aromatic rings. The zero-order chi connectivity index (χ0) is 12.4. The van der Waals surface area contributed by atoms with Crippen molar-refractivity contribution in [2.75, 3.05) is 6.61 Å². The van der Waals surface area contributed by atoms with E-state index < -0.39 is 12.0 Å². The molecule has 2 rings (SSSR count). The Labute approximate surface area is 107 Å². The van der Waals surface area contributed by atoms with Gasteiger partial charge < -0.3 is 10.5 Å². The number of nitrogens with zero attached hydrogens (tertiary/aromatic N) is 2. The van der Waals surface area contributed by atoms with E-state index in [0.29, 0.717) is 18.2 Å². The van der Waals surface area contributed by atoms with Gasteiger partial charge in [-0.05, 0) is 6.92 Å². The van der Waals surface area contributed by atoms with Crippen LogP contribution < -0.4 is 5.73 Å². The lowest BCUT2D eigenvalue weighted by Crippen LogP contribution is -2.34. The lowest BCUT2D eigenvalue weighted by molar-refractivity contribution is -0.144. The van der Waals surface area contributed by atoms with Crippen molar-refractivity contribution in [3.8, 4) is 0 Å². The van der Waals surface area contributed by atoms with Crippen molar-refractivity contribution >= 4 is 33.9 Å². The van der Waals surface area contributed by atoms with Crippen LogP contribution in [0.1, 0.15) is 12.6 Å². The molecular formula is C10H12ClN3O2S. The first-order valence-electron chi connectivity index (χ1n) is 5.15. The Morgan fingerprint density at radius 2 is 2.53 bits per heavy atom. The number of hydrogen-bond donors (Lipinski definition) is 1. The number of thiazole rings is 1. The number of imidazole rings is 1. The first-order valence-corrected chi connectivity index (χ1v) is 6.41. The van der Waals surface area contributed by atoms with E-state index in [1.165, 1.54) is 11.3 Å². The molecule has 0 saturated heterocycles. The van der Waals surface area contributed by atoms with E-state index in [1.54, 1.807) is 6.92 Å². The second-order valence-corrected chi connectivity index (χ2v) is 4.70. The van der Waals surface area contributed by atoms with Crippen molar-refractivity contribution in [1.29, 1.82) is 0 Å². The number of ether oxygens (including phenoxy) is 1. The van der Waals surface area contributed by atoms with Crippen molar-refractivity contribution in [3.05, 3.63) is 22.4 Å². The average molecular weight is 274 g/mol. The lowest BCUT2D eigenvalue weighted by atomic mass is 10.2. The van der Waals surface area contributed by atoms with Crippen molar-refractivity contribution in [2.24, 2.45) is 5.73 Å². The maximum Gasteiger partial charge on any atom is 0.323 e. The van der Waals surface area contributed by atoms with Crippen LogP contribution in [0.4, 0.5) is 0 Å². The Bertz CT molecular complexity index is 537. The Morgan fingerprint density at radius 1 is 1.76 bits per heavy atom. The minimum absolute atomic E-state index is 0.315. The minimum atomic E-state index is -0.716. The molecule has 2 heterocycles. The fourth-order valence-corrected chi connectivity index (χ4v) is 2.56. The number of rotatable bonds is 4. The second-order valence-electron chi connectivity index (χ2n) is 3.47. The number of carbonyl (C=O) groups excluding carboxylic acids is 1. The highest BCUT2D eigenvalue weighted by Crippen LogP contribution is 2.22. The molecular weight excluding hydrogens is 262 g/mol. The molecule has 0 aliphatic heterocycles. The van der Waals surface area contributed by atoms with E-state index in [9.17, 15) is 4.79 Å². The minimum Gasteiger partial charge on any atom is -0.465 e. The van der Waals surface area contributed by atoms with Gasteiger partial charge in [0.1, 0.15) is 6.04 Å². The third-order valence-electron chi connectivity index (χ3n) is 2.31. The summed E-state index contributed by atoms with van der Waals surface area (Å²) in [5, 5.41) is 2.29. The summed E-state index contributed by atoms with van der Waals surface area (Å²) < 4.78 is 6.69. The Kier molecular flexibility index (Phi) is 3.66. The summed E-state index contributed by atoms with van der Waals surface area (Å²) in [6.07, 6.45) is 2.17. The topological polar surface area (TPSA) is 69.6 Å². The number of aromatic nitrogens is 2. The van der Waals surface area contributed by atoms with Gasteiger partial charge in [0.2, 0.25) is 0 Å². The quantitative estimate of drug-likeness (QED) is 0.857. The largest absolute Gasteiger partial charge is 0.465 e. The standard InChI is InChI=1S/C10H12ClN3O2S/c1-2-16-9(15)6(12)5-7-8(11)13-10-14(7)3-4-17-10/h3-4,6H,2,5,12H2,1H3. The molecule has 0 bridgehead atoms. The fraction of sp³-hybridized carbons (Fsp3) is 0.400. The number of esters is 1. The number of fused-ring (bicyclic) bond motifs is 1. The molecule has 2 aromatic heterocycles. The first kappa shape index (κ1) is 12.3. The Balaban J connectivity index is 2.20. The summed E-state index contributed by atoms with van der Waals surface area (Å²) in [6, 6.07) is -0.716.